The first-order valence-corrected chi connectivity index (χ1v) is 7.22. The second kappa shape index (κ2) is 5.84. The van der Waals surface area contributed by atoms with Crippen LogP contribution in [-0.4, -0.2) is 10.8 Å². The van der Waals surface area contributed by atoms with Crippen molar-refractivity contribution in [3.8, 4) is 0 Å². The Morgan fingerprint density at radius 3 is 2.57 bits per heavy atom. The molecule has 3 aromatic rings. The third-order valence-corrected chi connectivity index (χ3v) is 3.98. The fourth-order valence-electron chi connectivity index (χ4n) is 2.14. The maximum atomic E-state index is 12.3. The molecule has 0 aliphatic carbocycles. The Morgan fingerprint density at radius 2 is 1.76 bits per heavy atom. The van der Waals surface area contributed by atoms with Crippen LogP contribution in [-0.2, 0) is 6.42 Å². The highest BCUT2D eigenvalue weighted by Gasteiger charge is 2.10. The molecular weight excluding hydrogens is 305 g/mol. The lowest BCUT2D eigenvalue weighted by Crippen LogP contribution is -2.05. The van der Waals surface area contributed by atoms with Crippen molar-refractivity contribution in [1.82, 2.24) is 4.98 Å². The van der Waals surface area contributed by atoms with Crippen LogP contribution in [0.3, 0.4) is 0 Å². The van der Waals surface area contributed by atoms with E-state index in [2.05, 4.69) is 4.98 Å². The van der Waals surface area contributed by atoms with E-state index in [-0.39, 0.29) is 12.2 Å². The van der Waals surface area contributed by atoms with Gasteiger partial charge in [0.15, 0.2) is 5.78 Å². The van der Waals surface area contributed by atoms with Gasteiger partial charge in [0, 0.05) is 16.6 Å². The van der Waals surface area contributed by atoms with Crippen molar-refractivity contribution in [2.45, 2.75) is 6.42 Å². The van der Waals surface area contributed by atoms with Crippen LogP contribution in [0.15, 0.2) is 54.6 Å². The molecule has 0 aliphatic rings. The fourth-order valence-corrected chi connectivity index (χ4v) is 2.44. The first kappa shape index (κ1) is 14.1. The highest BCUT2D eigenvalue weighted by Crippen LogP contribution is 2.23. The molecule has 1 aromatic heterocycles. The summed E-state index contributed by atoms with van der Waals surface area (Å²) in [4.78, 5) is 16.8. The van der Waals surface area contributed by atoms with Gasteiger partial charge in [-0.3, -0.25) is 9.78 Å². The minimum Gasteiger partial charge on any atom is -0.294 e. The molecule has 0 atom stereocenters. The van der Waals surface area contributed by atoms with E-state index >= 15 is 0 Å². The van der Waals surface area contributed by atoms with Crippen LogP contribution in [0.2, 0.25) is 10.0 Å². The maximum absolute atomic E-state index is 12.3. The Morgan fingerprint density at radius 1 is 0.952 bits per heavy atom. The largest absolute Gasteiger partial charge is 0.294 e. The van der Waals surface area contributed by atoms with Gasteiger partial charge in [-0.05, 0) is 30.3 Å². The van der Waals surface area contributed by atoms with Crippen LogP contribution in [0.5, 0.6) is 0 Å². The Bertz CT molecular complexity index is 830. The fraction of sp³-hybridized carbons (Fsp3) is 0.0588. The number of fused-ring (bicyclic) bond motifs is 1. The summed E-state index contributed by atoms with van der Waals surface area (Å²) in [5.74, 6) is -0.0312. The van der Waals surface area contributed by atoms with Gasteiger partial charge in [-0.25, -0.2) is 0 Å². The van der Waals surface area contributed by atoms with Gasteiger partial charge in [-0.1, -0.05) is 47.5 Å². The van der Waals surface area contributed by atoms with E-state index in [0.717, 1.165) is 16.6 Å². The van der Waals surface area contributed by atoms with Gasteiger partial charge in [-0.15, -0.1) is 0 Å². The van der Waals surface area contributed by atoms with E-state index < -0.39 is 0 Å². The van der Waals surface area contributed by atoms with Crippen molar-refractivity contribution in [2.24, 2.45) is 0 Å². The van der Waals surface area contributed by atoms with E-state index in [0.29, 0.717) is 15.6 Å². The number of pyridine rings is 1. The molecule has 0 saturated carbocycles. The summed E-state index contributed by atoms with van der Waals surface area (Å²) < 4.78 is 0. The molecule has 1 heterocycles. The quantitative estimate of drug-likeness (QED) is 0.639. The van der Waals surface area contributed by atoms with Crippen LogP contribution >= 0.6 is 23.2 Å². The van der Waals surface area contributed by atoms with E-state index in [1.807, 2.05) is 36.4 Å². The Balaban J connectivity index is 1.87. The molecular formula is C17H11Cl2NO. The number of hydrogen-bond acceptors (Lipinski definition) is 2. The number of Topliss-reactive ketones (excluding diaryl/α,β-unsaturated/α-hetero) is 1. The topological polar surface area (TPSA) is 30.0 Å². The van der Waals surface area contributed by atoms with Crippen LogP contribution in [0.1, 0.15) is 16.1 Å². The summed E-state index contributed by atoms with van der Waals surface area (Å²) in [6.45, 7) is 0. The summed E-state index contributed by atoms with van der Waals surface area (Å²) in [6, 6.07) is 16.6. The Labute approximate surface area is 132 Å². The highest BCUT2D eigenvalue weighted by atomic mass is 35.5. The summed E-state index contributed by atoms with van der Waals surface area (Å²) in [5.41, 5.74) is 2.17. The summed E-state index contributed by atoms with van der Waals surface area (Å²) >= 11 is 11.8. The minimum absolute atomic E-state index is 0.0312. The number of hydrogen-bond donors (Lipinski definition) is 0. The smallest absolute Gasteiger partial charge is 0.168 e. The van der Waals surface area contributed by atoms with Gasteiger partial charge in [0.2, 0.25) is 0 Å². The molecule has 3 rings (SSSR count). The van der Waals surface area contributed by atoms with Crippen LogP contribution in [0.25, 0.3) is 10.9 Å². The van der Waals surface area contributed by atoms with E-state index in [4.69, 9.17) is 23.2 Å². The first-order chi connectivity index (χ1) is 10.1. The van der Waals surface area contributed by atoms with Gasteiger partial charge in [0.1, 0.15) is 0 Å². The van der Waals surface area contributed by atoms with Gasteiger partial charge < -0.3 is 0 Å². The standard InChI is InChI=1S/C17H11Cl2NO/c18-14-8-6-12(9-15(14)19)17(21)10-13-7-5-11-3-1-2-4-16(11)20-13/h1-9H,10H2. The predicted octanol–water partition coefficient (Wildman–Crippen LogP) is 4.97. The molecule has 2 nitrogen and oxygen atoms in total. The zero-order chi connectivity index (χ0) is 14.8. The maximum Gasteiger partial charge on any atom is 0.168 e. The van der Waals surface area contributed by atoms with E-state index in [1.54, 1.807) is 18.2 Å². The number of carbonyl (C=O) groups is 1. The summed E-state index contributed by atoms with van der Waals surface area (Å²) in [6.07, 6.45) is 0.239. The molecule has 0 unspecified atom stereocenters. The molecule has 0 saturated heterocycles. The number of halogens is 2. The Kier molecular flexibility index (Phi) is 3.91. The molecule has 0 bridgehead atoms. The lowest BCUT2D eigenvalue weighted by Gasteiger charge is -2.04. The molecule has 104 valence electrons. The second-order valence-corrected chi connectivity index (χ2v) is 5.54. The molecule has 0 amide bonds. The van der Waals surface area contributed by atoms with Gasteiger partial charge >= 0.3 is 0 Å². The molecule has 0 radical (unpaired) electrons. The summed E-state index contributed by atoms with van der Waals surface area (Å²) in [5, 5.41) is 1.88. The van der Waals surface area contributed by atoms with Crippen molar-refractivity contribution in [3.05, 3.63) is 75.9 Å². The van der Waals surface area contributed by atoms with Crippen molar-refractivity contribution in [1.29, 1.82) is 0 Å². The molecule has 0 aliphatic heterocycles. The molecule has 21 heavy (non-hydrogen) atoms. The molecule has 0 N–H and O–H groups in total. The lowest BCUT2D eigenvalue weighted by molar-refractivity contribution is 0.0992. The second-order valence-electron chi connectivity index (χ2n) is 4.72. The molecule has 0 fully saturated rings. The minimum atomic E-state index is -0.0312. The average Bonchev–Trinajstić information content (AvgIpc) is 2.50. The van der Waals surface area contributed by atoms with Crippen molar-refractivity contribution >= 4 is 39.9 Å². The first-order valence-electron chi connectivity index (χ1n) is 6.46. The number of benzene rings is 2. The normalized spacial score (nSPS) is 10.8. The van der Waals surface area contributed by atoms with E-state index in [1.165, 1.54) is 0 Å². The third kappa shape index (κ3) is 3.07. The SMILES string of the molecule is O=C(Cc1ccc2ccccc2n1)c1ccc(Cl)c(Cl)c1. The van der Waals surface area contributed by atoms with Crippen molar-refractivity contribution in [2.75, 3.05) is 0 Å². The molecule has 2 aromatic carbocycles. The molecule has 4 heteroatoms. The zero-order valence-electron chi connectivity index (χ0n) is 11.0. The van der Waals surface area contributed by atoms with Gasteiger partial charge in [0.05, 0.1) is 22.0 Å². The summed E-state index contributed by atoms with van der Waals surface area (Å²) in [7, 11) is 0. The van der Waals surface area contributed by atoms with E-state index in [9.17, 15) is 4.79 Å². The van der Waals surface area contributed by atoms with Gasteiger partial charge in [-0.2, -0.15) is 0 Å². The van der Waals surface area contributed by atoms with Crippen molar-refractivity contribution in [3.63, 3.8) is 0 Å². The lowest BCUT2D eigenvalue weighted by atomic mass is 10.1. The van der Waals surface area contributed by atoms with Crippen molar-refractivity contribution < 1.29 is 4.79 Å². The molecule has 0 spiro atoms. The number of ketones is 1. The highest BCUT2D eigenvalue weighted by molar-refractivity contribution is 6.42. The number of aromatic nitrogens is 1. The number of rotatable bonds is 3. The van der Waals surface area contributed by atoms with Crippen LogP contribution < -0.4 is 0 Å². The predicted molar refractivity (Wildman–Crippen MR) is 86.2 cm³/mol. The number of para-hydroxylation sites is 1. The third-order valence-electron chi connectivity index (χ3n) is 3.24. The number of carbonyl (C=O) groups excluding carboxylic acids is 1. The van der Waals surface area contributed by atoms with Crippen LogP contribution in [0.4, 0.5) is 0 Å². The van der Waals surface area contributed by atoms with Gasteiger partial charge in [0.25, 0.3) is 0 Å². The van der Waals surface area contributed by atoms with Crippen LogP contribution in [0, 0.1) is 0 Å². The average molecular weight is 316 g/mol. The zero-order valence-corrected chi connectivity index (χ0v) is 12.5. The monoisotopic (exact) mass is 315 g/mol. The number of nitrogens with zero attached hydrogens (tertiary/aromatic N) is 1. The Hall–Kier alpha value is -1.90.